The predicted octanol–water partition coefficient (Wildman–Crippen LogP) is 8.23. The third-order valence-corrected chi connectivity index (χ3v) is 5.73. The van der Waals surface area contributed by atoms with E-state index in [1.54, 1.807) is 7.11 Å². The Morgan fingerprint density at radius 3 is 2.00 bits per heavy atom. The first kappa shape index (κ1) is 31.8. The highest BCUT2D eigenvalue weighted by Gasteiger charge is 2.39. The van der Waals surface area contributed by atoms with Gasteiger partial charge in [0.1, 0.15) is 0 Å². The topological polar surface area (TPSA) is 38.7 Å². The van der Waals surface area contributed by atoms with Gasteiger partial charge in [-0.05, 0) is 54.0 Å². The normalized spacial score (nSPS) is 14.4. The molecule has 0 saturated heterocycles. The van der Waals surface area contributed by atoms with Crippen LogP contribution in [0.5, 0.6) is 0 Å². The number of hydrogen-bond donors (Lipinski definition) is 1. The Morgan fingerprint density at radius 1 is 1.03 bits per heavy atom. The first-order valence-electron chi connectivity index (χ1n) is 12.6. The van der Waals surface area contributed by atoms with E-state index in [0.717, 1.165) is 31.9 Å². The number of aliphatic hydroxyl groups is 1. The molecule has 0 aromatic heterocycles. The van der Waals surface area contributed by atoms with Crippen LogP contribution in [-0.2, 0) is 15.9 Å². The zero-order valence-corrected chi connectivity index (χ0v) is 23.0. The van der Waals surface area contributed by atoms with E-state index < -0.39 is 5.79 Å². The van der Waals surface area contributed by atoms with E-state index in [1.165, 1.54) is 22.3 Å². The number of rotatable bonds is 11. The molecule has 0 amide bonds. The van der Waals surface area contributed by atoms with Crippen LogP contribution in [0.1, 0.15) is 66.9 Å². The van der Waals surface area contributed by atoms with Crippen LogP contribution >= 0.6 is 0 Å². The summed E-state index contributed by atoms with van der Waals surface area (Å²) in [5.41, 5.74) is 6.20. The van der Waals surface area contributed by atoms with E-state index in [0.29, 0.717) is 0 Å². The fraction of sp³-hybridized carbons (Fsp3) is 0.484. The lowest BCUT2D eigenvalue weighted by Gasteiger charge is -2.40. The highest BCUT2D eigenvalue weighted by atomic mass is 16.7. The summed E-state index contributed by atoms with van der Waals surface area (Å²) in [6.45, 7) is 18.7. The summed E-state index contributed by atoms with van der Waals surface area (Å²) in [4.78, 5) is 0. The van der Waals surface area contributed by atoms with Gasteiger partial charge in [0, 0.05) is 20.1 Å². The molecule has 2 rings (SSSR count). The molecule has 2 aliphatic carbocycles. The zero-order chi connectivity index (χ0) is 26.1. The predicted molar refractivity (Wildman–Crippen MR) is 148 cm³/mol. The van der Waals surface area contributed by atoms with Crippen molar-refractivity contribution in [2.24, 2.45) is 5.92 Å². The second-order valence-electron chi connectivity index (χ2n) is 8.23. The Kier molecular flexibility index (Phi) is 16.1. The largest absolute Gasteiger partial charge is 0.400 e. The molecule has 0 fully saturated rings. The minimum absolute atomic E-state index is 0.121. The van der Waals surface area contributed by atoms with E-state index in [-0.39, 0.29) is 12.0 Å². The highest BCUT2D eigenvalue weighted by Crippen LogP contribution is 2.36. The number of fused-ring (bicyclic) bond motifs is 1. The minimum Gasteiger partial charge on any atom is -0.400 e. The van der Waals surface area contributed by atoms with E-state index in [4.69, 9.17) is 14.6 Å². The second kappa shape index (κ2) is 17.3. The third-order valence-electron chi connectivity index (χ3n) is 5.73. The van der Waals surface area contributed by atoms with Gasteiger partial charge in [0.25, 0.3) is 0 Å². The molecule has 34 heavy (non-hydrogen) atoms. The number of methoxy groups -OCH3 is 1. The van der Waals surface area contributed by atoms with Crippen LogP contribution in [0.25, 0.3) is 11.1 Å². The van der Waals surface area contributed by atoms with Crippen LogP contribution < -0.4 is 0 Å². The maximum atomic E-state index is 7.00. The maximum Gasteiger partial charge on any atom is 0.193 e. The molecule has 0 aromatic rings. The number of aliphatic hydroxyl groups excluding tert-OH is 1. The Balaban J connectivity index is 0.00000258. The molecule has 0 bridgehead atoms. The fourth-order valence-electron chi connectivity index (χ4n) is 3.98. The average Bonchev–Trinajstić information content (AvgIpc) is 3.10. The SMILES string of the molecule is C=C/C=C(\C=C(/CC)C(OC)(OC(C)CC)C(C)C)Cc1cc2cccccc-2c1.CC.CO. The van der Waals surface area contributed by atoms with Crippen molar-refractivity contribution in [1.29, 1.82) is 0 Å². The van der Waals surface area contributed by atoms with Gasteiger partial charge in [0.2, 0.25) is 0 Å². The number of allylic oxidation sites excluding steroid dienone is 4. The lowest BCUT2D eigenvalue weighted by atomic mass is 9.89. The highest BCUT2D eigenvalue weighted by molar-refractivity contribution is 5.68. The summed E-state index contributed by atoms with van der Waals surface area (Å²) < 4.78 is 12.6. The van der Waals surface area contributed by atoms with Gasteiger partial charge in [-0.15, -0.1) is 0 Å². The van der Waals surface area contributed by atoms with E-state index in [9.17, 15) is 0 Å². The molecule has 0 heterocycles. The van der Waals surface area contributed by atoms with E-state index >= 15 is 0 Å². The summed E-state index contributed by atoms with van der Waals surface area (Å²) in [6.07, 6.45) is 8.98. The van der Waals surface area contributed by atoms with Gasteiger partial charge < -0.3 is 14.6 Å². The molecule has 0 spiro atoms. The van der Waals surface area contributed by atoms with Gasteiger partial charge in [-0.1, -0.05) is 109 Å². The van der Waals surface area contributed by atoms with E-state index in [1.807, 2.05) is 19.9 Å². The Labute approximate surface area is 209 Å². The summed E-state index contributed by atoms with van der Waals surface area (Å²) in [7, 11) is 2.76. The molecule has 3 heteroatoms. The number of hydrogen-bond acceptors (Lipinski definition) is 3. The quantitative estimate of drug-likeness (QED) is 0.267. The molecule has 190 valence electrons. The number of ether oxygens (including phenoxy) is 2. The minimum atomic E-state index is -0.727. The Morgan fingerprint density at radius 2 is 1.59 bits per heavy atom. The Hall–Kier alpha value is -2.20. The molecule has 2 atom stereocenters. The smallest absolute Gasteiger partial charge is 0.193 e. The molecule has 0 radical (unpaired) electrons. The van der Waals surface area contributed by atoms with Crippen LogP contribution in [0.2, 0.25) is 0 Å². The van der Waals surface area contributed by atoms with Gasteiger partial charge in [-0.2, -0.15) is 0 Å². The summed E-state index contributed by atoms with van der Waals surface area (Å²) in [6, 6.07) is 15.1. The lowest BCUT2D eigenvalue weighted by Crippen LogP contribution is -2.44. The summed E-state index contributed by atoms with van der Waals surface area (Å²) >= 11 is 0. The zero-order valence-electron chi connectivity index (χ0n) is 23.0. The third kappa shape index (κ3) is 8.87. The van der Waals surface area contributed by atoms with Crippen molar-refractivity contribution in [2.75, 3.05) is 14.2 Å². The van der Waals surface area contributed by atoms with Crippen LogP contribution in [-0.4, -0.2) is 31.2 Å². The molecule has 0 saturated carbocycles. The molecule has 3 nitrogen and oxygen atoms in total. The molecular weight excluding hydrogens is 420 g/mol. The monoisotopic (exact) mass is 468 g/mol. The van der Waals surface area contributed by atoms with Crippen molar-refractivity contribution in [1.82, 2.24) is 0 Å². The molecule has 2 unspecified atom stereocenters. The van der Waals surface area contributed by atoms with Gasteiger partial charge in [0.05, 0.1) is 6.10 Å². The van der Waals surface area contributed by atoms with Crippen molar-refractivity contribution in [3.8, 4) is 11.1 Å². The van der Waals surface area contributed by atoms with Crippen molar-refractivity contribution in [3.05, 3.63) is 84.0 Å². The van der Waals surface area contributed by atoms with Gasteiger partial charge in [-0.3, -0.25) is 0 Å². The fourth-order valence-corrected chi connectivity index (χ4v) is 3.98. The van der Waals surface area contributed by atoms with Crippen LogP contribution in [0.15, 0.2) is 78.4 Å². The van der Waals surface area contributed by atoms with Crippen LogP contribution in [0.4, 0.5) is 0 Å². The molecular formula is C31H48O3. The summed E-state index contributed by atoms with van der Waals surface area (Å²) in [5.74, 6) is -0.538. The maximum absolute atomic E-state index is 7.00. The molecule has 0 aliphatic heterocycles. The van der Waals surface area contributed by atoms with Gasteiger partial charge in [0.15, 0.2) is 5.79 Å². The summed E-state index contributed by atoms with van der Waals surface area (Å²) in [5, 5.41) is 7.00. The first-order valence-corrected chi connectivity index (χ1v) is 12.6. The molecule has 2 aliphatic rings. The standard InChI is InChI=1S/C28H38O2.C2H6.CH4O/c1-8-14-23(17-24-18-25-15-12-11-13-16-26(25)19-24)20-27(10-3)28(29-7,21(4)5)30-22(6)9-2;2*1-2/h8,11-16,18-22H,1,9-10,17H2,2-7H3;1-2H3;2H,1H3/b23-14-,27-20+;;. The van der Waals surface area contributed by atoms with Crippen molar-refractivity contribution in [3.63, 3.8) is 0 Å². The van der Waals surface area contributed by atoms with Gasteiger partial charge in [-0.25, -0.2) is 0 Å². The van der Waals surface area contributed by atoms with Crippen molar-refractivity contribution < 1.29 is 14.6 Å². The van der Waals surface area contributed by atoms with Crippen LogP contribution in [0, 0.1) is 5.92 Å². The first-order chi connectivity index (χ1) is 16.4. The molecule has 0 aromatic carbocycles. The van der Waals surface area contributed by atoms with Crippen molar-refractivity contribution in [2.45, 2.75) is 79.6 Å². The van der Waals surface area contributed by atoms with E-state index in [2.05, 4.69) is 95.8 Å². The van der Waals surface area contributed by atoms with Gasteiger partial charge >= 0.3 is 0 Å². The second-order valence-corrected chi connectivity index (χ2v) is 8.23. The van der Waals surface area contributed by atoms with Crippen molar-refractivity contribution >= 4 is 0 Å². The lowest BCUT2D eigenvalue weighted by molar-refractivity contribution is -0.243. The molecule has 1 N–H and O–H groups in total. The van der Waals surface area contributed by atoms with Crippen LogP contribution in [0.3, 0.4) is 0 Å². The Bertz CT molecular complexity index is 819. The average molecular weight is 469 g/mol.